The normalized spacial score (nSPS) is 12.4. The van der Waals surface area contributed by atoms with Crippen molar-refractivity contribution in [1.82, 2.24) is 4.98 Å². The van der Waals surface area contributed by atoms with Gasteiger partial charge in [0.25, 0.3) is 0 Å². The topological polar surface area (TPSA) is 38.9 Å². The highest BCUT2D eigenvalue weighted by Gasteiger charge is 2.11. The minimum Gasteiger partial charge on any atom is -0.320 e. The number of nitrogens with zero attached hydrogens (tertiary/aromatic N) is 1. The minimum atomic E-state index is -0.0668. The number of pyridine rings is 1. The van der Waals surface area contributed by atoms with Gasteiger partial charge in [0.2, 0.25) is 0 Å². The van der Waals surface area contributed by atoms with E-state index in [1.54, 1.807) is 12.4 Å². The minimum absolute atomic E-state index is 0.0668. The number of hydrogen-bond donors (Lipinski definition) is 1. The lowest BCUT2D eigenvalue weighted by Gasteiger charge is -2.16. The summed E-state index contributed by atoms with van der Waals surface area (Å²) in [5, 5.41) is 0. The van der Waals surface area contributed by atoms with Crippen molar-refractivity contribution in [3.63, 3.8) is 0 Å². The molecule has 82 valence electrons. The zero-order valence-corrected chi connectivity index (χ0v) is 9.64. The molecule has 0 spiro atoms. The molecular weight excluding hydrogens is 196 g/mol. The summed E-state index contributed by atoms with van der Waals surface area (Å²) in [5.41, 5.74) is 11.1. The maximum absolute atomic E-state index is 6.26. The zero-order chi connectivity index (χ0) is 11.5. The molecule has 0 aliphatic heterocycles. The predicted molar refractivity (Wildman–Crippen MR) is 66.2 cm³/mol. The van der Waals surface area contributed by atoms with E-state index in [1.165, 1.54) is 16.7 Å². The second kappa shape index (κ2) is 4.45. The van der Waals surface area contributed by atoms with Gasteiger partial charge in [0.05, 0.1) is 6.04 Å². The number of benzene rings is 1. The van der Waals surface area contributed by atoms with Crippen molar-refractivity contribution < 1.29 is 0 Å². The highest BCUT2D eigenvalue weighted by Crippen LogP contribution is 2.23. The molecule has 2 nitrogen and oxygen atoms in total. The van der Waals surface area contributed by atoms with Crippen molar-refractivity contribution in [2.24, 2.45) is 5.73 Å². The third kappa shape index (κ3) is 1.97. The van der Waals surface area contributed by atoms with Crippen molar-refractivity contribution in [3.8, 4) is 0 Å². The summed E-state index contributed by atoms with van der Waals surface area (Å²) in [7, 11) is 0. The van der Waals surface area contributed by atoms with Crippen LogP contribution >= 0.6 is 0 Å². The summed E-state index contributed by atoms with van der Waals surface area (Å²) in [4.78, 5) is 4.01. The fraction of sp³-hybridized carbons (Fsp3) is 0.214. The largest absolute Gasteiger partial charge is 0.320 e. The third-order valence-electron chi connectivity index (χ3n) is 3.05. The van der Waals surface area contributed by atoms with Crippen LogP contribution in [0.4, 0.5) is 0 Å². The molecule has 1 aromatic carbocycles. The van der Waals surface area contributed by atoms with Crippen LogP contribution in [0.2, 0.25) is 0 Å². The lowest BCUT2D eigenvalue weighted by molar-refractivity contribution is 0.855. The van der Waals surface area contributed by atoms with Crippen LogP contribution in [0.5, 0.6) is 0 Å². The highest BCUT2D eigenvalue weighted by molar-refractivity contribution is 5.39. The Morgan fingerprint density at radius 3 is 2.44 bits per heavy atom. The van der Waals surface area contributed by atoms with Gasteiger partial charge >= 0.3 is 0 Å². The van der Waals surface area contributed by atoms with E-state index in [0.717, 1.165) is 5.56 Å². The van der Waals surface area contributed by atoms with Crippen LogP contribution in [-0.2, 0) is 0 Å². The van der Waals surface area contributed by atoms with Gasteiger partial charge < -0.3 is 5.73 Å². The molecule has 16 heavy (non-hydrogen) atoms. The van der Waals surface area contributed by atoms with Gasteiger partial charge in [-0.1, -0.05) is 18.2 Å². The first-order valence-corrected chi connectivity index (χ1v) is 5.42. The van der Waals surface area contributed by atoms with Gasteiger partial charge in [0.1, 0.15) is 0 Å². The lowest BCUT2D eigenvalue weighted by Crippen LogP contribution is -2.13. The zero-order valence-electron chi connectivity index (χ0n) is 9.64. The maximum Gasteiger partial charge on any atom is 0.0555 e. The fourth-order valence-electron chi connectivity index (χ4n) is 1.86. The molecule has 1 atom stereocenters. The summed E-state index contributed by atoms with van der Waals surface area (Å²) in [5.74, 6) is 0. The number of aromatic nitrogens is 1. The van der Waals surface area contributed by atoms with Crippen molar-refractivity contribution in [2.75, 3.05) is 0 Å². The molecular formula is C14H16N2. The Bertz CT molecular complexity index is 477. The second-order valence-electron chi connectivity index (χ2n) is 4.05. The van der Waals surface area contributed by atoms with Gasteiger partial charge in [0.15, 0.2) is 0 Å². The monoisotopic (exact) mass is 212 g/mol. The average molecular weight is 212 g/mol. The van der Waals surface area contributed by atoms with Crippen LogP contribution in [0.3, 0.4) is 0 Å². The molecule has 0 fully saturated rings. The standard InChI is InChI=1S/C14H16N2/c1-10-4-3-5-13(11(10)2)14(15)12-6-8-16-9-7-12/h3-9,14H,15H2,1-2H3. The van der Waals surface area contributed by atoms with Crippen LogP contribution in [0, 0.1) is 13.8 Å². The van der Waals surface area contributed by atoms with Crippen molar-refractivity contribution in [2.45, 2.75) is 19.9 Å². The van der Waals surface area contributed by atoms with E-state index in [0.29, 0.717) is 0 Å². The van der Waals surface area contributed by atoms with E-state index in [4.69, 9.17) is 5.73 Å². The number of aryl methyl sites for hydroxylation is 1. The van der Waals surface area contributed by atoms with Crippen LogP contribution in [0.15, 0.2) is 42.7 Å². The van der Waals surface area contributed by atoms with Crippen molar-refractivity contribution in [1.29, 1.82) is 0 Å². The molecule has 0 amide bonds. The molecule has 1 aromatic heterocycles. The van der Waals surface area contributed by atoms with Gasteiger partial charge in [-0.25, -0.2) is 0 Å². The van der Waals surface area contributed by atoms with Crippen LogP contribution < -0.4 is 5.73 Å². The summed E-state index contributed by atoms with van der Waals surface area (Å²) in [6.45, 7) is 4.23. The molecule has 0 aliphatic carbocycles. The molecule has 0 saturated heterocycles. The van der Waals surface area contributed by atoms with E-state index in [1.807, 2.05) is 12.1 Å². The Kier molecular flexibility index (Phi) is 3.02. The van der Waals surface area contributed by atoms with Crippen molar-refractivity contribution in [3.05, 3.63) is 65.0 Å². The summed E-state index contributed by atoms with van der Waals surface area (Å²) >= 11 is 0. The van der Waals surface area contributed by atoms with Crippen LogP contribution in [0.1, 0.15) is 28.3 Å². The Morgan fingerprint density at radius 2 is 1.75 bits per heavy atom. The summed E-state index contributed by atoms with van der Waals surface area (Å²) < 4.78 is 0. The number of hydrogen-bond acceptors (Lipinski definition) is 2. The van der Waals surface area contributed by atoms with Gasteiger partial charge in [-0.15, -0.1) is 0 Å². The van der Waals surface area contributed by atoms with Crippen LogP contribution in [-0.4, -0.2) is 4.98 Å². The molecule has 0 bridgehead atoms. The quantitative estimate of drug-likeness (QED) is 0.831. The SMILES string of the molecule is Cc1cccc(C(N)c2ccncc2)c1C. The van der Waals surface area contributed by atoms with Crippen molar-refractivity contribution >= 4 is 0 Å². The van der Waals surface area contributed by atoms with Gasteiger partial charge in [0, 0.05) is 12.4 Å². The Hall–Kier alpha value is -1.67. The second-order valence-corrected chi connectivity index (χ2v) is 4.05. The molecule has 2 heteroatoms. The third-order valence-corrected chi connectivity index (χ3v) is 3.05. The summed E-state index contributed by atoms with van der Waals surface area (Å²) in [6, 6.07) is 10.1. The first-order chi connectivity index (χ1) is 7.70. The highest BCUT2D eigenvalue weighted by atomic mass is 14.7. The van der Waals surface area contributed by atoms with Gasteiger partial charge in [-0.2, -0.15) is 0 Å². The molecule has 1 unspecified atom stereocenters. The van der Waals surface area contributed by atoms with Gasteiger partial charge in [-0.3, -0.25) is 4.98 Å². The molecule has 1 heterocycles. The Morgan fingerprint density at radius 1 is 1.06 bits per heavy atom. The molecule has 2 rings (SSSR count). The number of nitrogens with two attached hydrogens (primary N) is 1. The molecule has 0 radical (unpaired) electrons. The first-order valence-electron chi connectivity index (χ1n) is 5.42. The lowest BCUT2D eigenvalue weighted by atomic mass is 9.94. The maximum atomic E-state index is 6.26. The van der Waals surface area contributed by atoms with E-state index >= 15 is 0 Å². The molecule has 2 N–H and O–H groups in total. The van der Waals surface area contributed by atoms with E-state index in [2.05, 4.69) is 37.0 Å². The summed E-state index contributed by atoms with van der Waals surface area (Å²) in [6.07, 6.45) is 3.56. The van der Waals surface area contributed by atoms with E-state index < -0.39 is 0 Å². The first kappa shape index (κ1) is 10.8. The number of rotatable bonds is 2. The van der Waals surface area contributed by atoms with Gasteiger partial charge in [-0.05, 0) is 48.2 Å². The average Bonchev–Trinajstić information content (AvgIpc) is 2.33. The van der Waals surface area contributed by atoms with E-state index in [-0.39, 0.29) is 6.04 Å². The molecule has 0 saturated carbocycles. The smallest absolute Gasteiger partial charge is 0.0555 e. The van der Waals surface area contributed by atoms with E-state index in [9.17, 15) is 0 Å². The molecule has 2 aromatic rings. The van der Waals surface area contributed by atoms with Crippen LogP contribution in [0.25, 0.3) is 0 Å². The Labute approximate surface area is 96.1 Å². The fourth-order valence-corrected chi connectivity index (χ4v) is 1.86. The Balaban J connectivity index is 2.42. The predicted octanol–water partition coefficient (Wildman–Crippen LogP) is 2.75. The molecule has 0 aliphatic rings.